The molecule has 2 aromatic rings. The molecule has 4 nitrogen and oxygen atoms in total. The lowest BCUT2D eigenvalue weighted by atomic mass is 10.1. The van der Waals surface area contributed by atoms with E-state index in [-0.39, 0.29) is 10.6 Å². The number of benzene rings is 1. The van der Waals surface area contributed by atoms with Crippen molar-refractivity contribution in [2.45, 2.75) is 26.8 Å². The van der Waals surface area contributed by atoms with E-state index in [0.29, 0.717) is 17.8 Å². The molecule has 0 unspecified atom stereocenters. The molecule has 5 heteroatoms. The van der Waals surface area contributed by atoms with E-state index in [2.05, 4.69) is 24.4 Å². The van der Waals surface area contributed by atoms with Crippen LogP contribution in [0.2, 0.25) is 0 Å². The fraction of sp³-hybridized carbons (Fsp3) is 0.286. The van der Waals surface area contributed by atoms with Gasteiger partial charge >= 0.3 is 0 Å². The molecular weight excluding hydrogens is 260 g/mol. The first-order chi connectivity index (χ1) is 9.11. The van der Waals surface area contributed by atoms with Crippen LogP contribution in [0, 0.1) is 17.0 Å². The van der Waals surface area contributed by atoms with Crippen LogP contribution in [0.15, 0.2) is 30.3 Å². The minimum atomic E-state index is -0.330. The highest BCUT2D eigenvalue weighted by molar-refractivity contribution is 7.12. The molecule has 0 aliphatic carbocycles. The van der Waals surface area contributed by atoms with Gasteiger partial charge in [0.05, 0.1) is 4.92 Å². The normalized spacial score (nSPS) is 10.4. The quantitative estimate of drug-likeness (QED) is 0.659. The van der Waals surface area contributed by atoms with E-state index in [4.69, 9.17) is 0 Å². The molecule has 0 bridgehead atoms. The Morgan fingerprint density at radius 3 is 2.63 bits per heavy atom. The van der Waals surface area contributed by atoms with Crippen molar-refractivity contribution >= 4 is 22.7 Å². The maximum atomic E-state index is 11.1. The minimum Gasteiger partial charge on any atom is -0.375 e. The van der Waals surface area contributed by atoms with E-state index < -0.39 is 0 Å². The van der Waals surface area contributed by atoms with Gasteiger partial charge in [-0.2, -0.15) is 0 Å². The number of nitro groups is 1. The number of nitrogens with one attached hydrogen (secondary N) is 1. The van der Waals surface area contributed by atoms with E-state index in [1.165, 1.54) is 9.75 Å². The summed E-state index contributed by atoms with van der Waals surface area (Å²) in [4.78, 5) is 13.3. The zero-order valence-corrected chi connectivity index (χ0v) is 11.8. The number of anilines is 1. The molecule has 0 atom stereocenters. The smallest absolute Gasteiger partial charge is 0.295 e. The van der Waals surface area contributed by atoms with Crippen LogP contribution in [0.5, 0.6) is 0 Å². The zero-order valence-electron chi connectivity index (χ0n) is 11.0. The average molecular weight is 276 g/mol. The number of hydrogen-bond acceptors (Lipinski definition) is 4. The lowest BCUT2D eigenvalue weighted by molar-refractivity contribution is -0.384. The van der Waals surface area contributed by atoms with E-state index >= 15 is 0 Å². The minimum absolute atomic E-state index is 0.162. The highest BCUT2D eigenvalue weighted by atomic mass is 32.1. The lowest BCUT2D eigenvalue weighted by Gasteiger charge is -2.07. The van der Waals surface area contributed by atoms with E-state index in [9.17, 15) is 10.1 Å². The van der Waals surface area contributed by atoms with Crippen LogP contribution in [0.1, 0.15) is 22.2 Å². The third kappa shape index (κ3) is 3.12. The monoisotopic (exact) mass is 276 g/mol. The molecule has 1 aromatic carbocycles. The number of para-hydroxylation sites is 1. The largest absolute Gasteiger partial charge is 0.375 e. The maximum absolute atomic E-state index is 11.1. The fourth-order valence-corrected chi connectivity index (χ4v) is 2.83. The van der Waals surface area contributed by atoms with Gasteiger partial charge in [0.15, 0.2) is 0 Å². The maximum Gasteiger partial charge on any atom is 0.295 e. The Morgan fingerprint density at radius 1 is 1.26 bits per heavy atom. The van der Waals surface area contributed by atoms with Crippen molar-refractivity contribution in [1.82, 2.24) is 0 Å². The van der Waals surface area contributed by atoms with Crippen molar-refractivity contribution in [2.75, 3.05) is 5.32 Å². The standard InChI is InChI=1S/C14H16N2O2S/c1-3-11-7-8-12(19-11)9-15-13-6-4-5-10(2)14(13)16(17)18/h4-8,15H,3,9H2,1-2H3. The molecule has 1 aromatic heterocycles. The molecular formula is C14H16N2O2S. The Bertz CT molecular complexity index is 593. The van der Waals surface area contributed by atoms with Crippen LogP contribution in [0.25, 0.3) is 0 Å². The molecule has 0 radical (unpaired) electrons. The van der Waals surface area contributed by atoms with Crippen molar-refractivity contribution in [3.05, 3.63) is 55.8 Å². The van der Waals surface area contributed by atoms with Gasteiger partial charge in [0, 0.05) is 21.9 Å². The van der Waals surface area contributed by atoms with Crippen molar-refractivity contribution < 1.29 is 4.92 Å². The number of rotatable bonds is 5. The van der Waals surface area contributed by atoms with E-state index in [1.54, 1.807) is 30.4 Å². The van der Waals surface area contributed by atoms with Crippen molar-refractivity contribution in [2.24, 2.45) is 0 Å². The summed E-state index contributed by atoms with van der Waals surface area (Å²) < 4.78 is 0. The molecule has 0 aliphatic rings. The molecule has 0 saturated heterocycles. The summed E-state index contributed by atoms with van der Waals surface area (Å²) in [5.41, 5.74) is 1.42. The second-order valence-electron chi connectivity index (χ2n) is 4.30. The van der Waals surface area contributed by atoms with Crippen molar-refractivity contribution in [1.29, 1.82) is 0 Å². The first-order valence-corrected chi connectivity index (χ1v) is 6.99. The second kappa shape index (κ2) is 5.84. The highest BCUT2D eigenvalue weighted by Crippen LogP contribution is 2.28. The number of hydrogen-bond donors (Lipinski definition) is 1. The van der Waals surface area contributed by atoms with Gasteiger partial charge in [-0.05, 0) is 31.5 Å². The summed E-state index contributed by atoms with van der Waals surface area (Å²) >= 11 is 1.74. The first-order valence-electron chi connectivity index (χ1n) is 6.17. The summed E-state index contributed by atoms with van der Waals surface area (Å²) in [6.07, 6.45) is 1.02. The van der Waals surface area contributed by atoms with Gasteiger partial charge in [-0.15, -0.1) is 11.3 Å². The molecule has 100 valence electrons. The molecule has 0 saturated carbocycles. The molecule has 0 fully saturated rings. The number of nitrogens with zero attached hydrogens (tertiary/aromatic N) is 1. The fourth-order valence-electron chi connectivity index (χ4n) is 1.93. The van der Waals surface area contributed by atoms with Crippen LogP contribution < -0.4 is 5.32 Å². The number of nitro benzene ring substituents is 1. The summed E-state index contributed by atoms with van der Waals surface area (Å²) in [5.74, 6) is 0. The summed E-state index contributed by atoms with van der Waals surface area (Å²) in [6, 6.07) is 9.50. The molecule has 0 spiro atoms. The molecule has 1 N–H and O–H groups in total. The Morgan fingerprint density at radius 2 is 2.00 bits per heavy atom. The summed E-state index contributed by atoms with van der Waals surface area (Å²) in [5, 5.41) is 14.2. The summed E-state index contributed by atoms with van der Waals surface area (Å²) in [7, 11) is 0. The van der Waals surface area contributed by atoms with Gasteiger partial charge in [0.1, 0.15) is 5.69 Å². The van der Waals surface area contributed by atoms with Crippen molar-refractivity contribution in [3.8, 4) is 0 Å². The average Bonchev–Trinajstić information content (AvgIpc) is 2.83. The van der Waals surface area contributed by atoms with Crippen LogP contribution in [-0.4, -0.2) is 4.92 Å². The third-order valence-electron chi connectivity index (χ3n) is 2.94. The Balaban J connectivity index is 2.15. The van der Waals surface area contributed by atoms with Gasteiger partial charge < -0.3 is 5.32 Å². The Hall–Kier alpha value is -1.88. The van der Waals surface area contributed by atoms with Gasteiger partial charge in [0.2, 0.25) is 0 Å². The Labute approximate surface area is 116 Å². The van der Waals surface area contributed by atoms with Gasteiger partial charge in [-0.25, -0.2) is 0 Å². The number of aryl methyl sites for hydroxylation is 2. The lowest BCUT2D eigenvalue weighted by Crippen LogP contribution is -2.02. The van der Waals surface area contributed by atoms with Crippen LogP contribution in [0.3, 0.4) is 0 Å². The van der Waals surface area contributed by atoms with Crippen LogP contribution in [0.4, 0.5) is 11.4 Å². The molecule has 0 amide bonds. The predicted molar refractivity (Wildman–Crippen MR) is 78.9 cm³/mol. The van der Waals surface area contributed by atoms with Gasteiger partial charge in [-0.1, -0.05) is 19.1 Å². The second-order valence-corrected chi connectivity index (χ2v) is 5.56. The zero-order chi connectivity index (χ0) is 13.8. The molecule has 19 heavy (non-hydrogen) atoms. The molecule has 0 aliphatic heterocycles. The molecule has 1 heterocycles. The van der Waals surface area contributed by atoms with Gasteiger partial charge in [-0.3, -0.25) is 10.1 Å². The topological polar surface area (TPSA) is 55.2 Å². The summed E-state index contributed by atoms with van der Waals surface area (Å²) in [6.45, 7) is 4.49. The number of thiophene rings is 1. The predicted octanol–water partition coefficient (Wildman–Crippen LogP) is 4.14. The van der Waals surface area contributed by atoms with Crippen LogP contribution in [-0.2, 0) is 13.0 Å². The van der Waals surface area contributed by atoms with Crippen LogP contribution >= 0.6 is 11.3 Å². The first kappa shape index (κ1) is 13.5. The van der Waals surface area contributed by atoms with Crippen molar-refractivity contribution in [3.63, 3.8) is 0 Å². The molecule has 2 rings (SSSR count). The Kier molecular flexibility index (Phi) is 4.16. The highest BCUT2D eigenvalue weighted by Gasteiger charge is 2.16. The van der Waals surface area contributed by atoms with E-state index in [1.807, 2.05) is 6.07 Å². The van der Waals surface area contributed by atoms with Gasteiger partial charge in [0.25, 0.3) is 5.69 Å². The third-order valence-corrected chi connectivity index (χ3v) is 4.17. The SMILES string of the molecule is CCc1ccc(CNc2cccc(C)c2[N+](=O)[O-])s1. The van der Waals surface area contributed by atoms with E-state index in [0.717, 1.165) is 6.42 Å².